The average molecular weight is 379 g/mol. The van der Waals surface area contributed by atoms with Crippen LogP contribution >= 0.6 is 0 Å². The molecule has 0 atom stereocenters. The van der Waals surface area contributed by atoms with Gasteiger partial charge in [-0.3, -0.25) is 19.4 Å². The predicted octanol–water partition coefficient (Wildman–Crippen LogP) is 2.52. The molecule has 1 aliphatic carbocycles. The second-order valence-electron chi connectivity index (χ2n) is 7.60. The molecule has 146 valence electrons. The van der Waals surface area contributed by atoms with Crippen molar-refractivity contribution >= 4 is 22.6 Å². The first kappa shape index (κ1) is 18.4. The van der Waals surface area contributed by atoms with Gasteiger partial charge in [0, 0.05) is 18.8 Å². The Morgan fingerprint density at radius 2 is 2.07 bits per heavy atom. The maximum atomic E-state index is 13.1. The van der Waals surface area contributed by atoms with Gasteiger partial charge in [0.25, 0.3) is 11.5 Å². The number of amides is 1. The van der Waals surface area contributed by atoms with Gasteiger partial charge in [-0.25, -0.2) is 4.98 Å². The summed E-state index contributed by atoms with van der Waals surface area (Å²) < 4.78 is 3.19. The Labute approximate surface area is 162 Å². The molecule has 0 unspecified atom stereocenters. The molecule has 2 N–H and O–H groups in total. The van der Waals surface area contributed by atoms with Crippen LogP contribution in [0.25, 0.3) is 16.7 Å². The van der Waals surface area contributed by atoms with Crippen molar-refractivity contribution in [2.75, 3.05) is 0 Å². The summed E-state index contributed by atoms with van der Waals surface area (Å²) in [7, 11) is 0. The van der Waals surface area contributed by atoms with Crippen molar-refractivity contribution < 1.29 is 4.79 Å². The van der Waals surface area contributed by atoms with E-state index in [1.165, 1.54) is 10.5 Å². The van der Waals surface area contributed by atoms with Gasteiger partial charge in [-0.2, -0.15) is 0 Å². The number of aromatic nitrogens is 3. The lowest BCUT2D eigenvalue weighted by Crippen LogP contribution is -2.38. The van der Waals surface area contributed by atoms with Crippen molar-refractivity contribution in [3.05, 3.63) is 51.4 Å². The van der Waals surface area contributed by atoms with Gasteiger partial charge in [0.05, 0.1) is 10.9 Å². The van der Waals surface area contributed by atoms with E-state index in [1.54, 1.807) is 16.8 Å². The van der Waals surface area contributed by atoms with Crippen molar-refractivity contribution in [1.82, 2.24) is 19.3 Å². The van der Waals surface area contributed by atoms with E-state index in [0.29, 0.717) is 23.2 Å². The first-order valence-electron chi connectivity index (χ1n) is 9.91. The molecule has 0 radical (unpaired) electrons. The highest BCUT2D eigenvalue weighted by Crippen LogP contribution is 2.18. The summed E-state index contributed by atoms with van der Waals surface area (Å²) in [6.07, 6.45) is 6.69. The molecular formula is C21H25N5O2. The zero-order chi connectivity index (χ0) is 19.8. The van der Waals surface area contributed by atoms with Crippen LogP contribution in [0.2, 0.25) is 0 Å². The lowest BCUT2D eigenvalue weighted by atomic mass is 10.1. The molecule has 1 amide bonds. The Morgan fingerprint density at radius 3 is 2.79 bits per heavy atom. The highest BCUT2D eigenvalue weighted by molar-refractivity contribution is 5.97. The number of rotatable bonds is 4. The van der Waals surface area contributed by atoms with Crippen molar-refractivity contribution in [3.63, 3.8) is 0 Å². The minimum Gasteiger partial charge on any atom is -0.349 e. The molecule has 4 rings (SSSR count). The summed E-state index contributed by atoms with van der Waals surface area (Å²) in [5.74, 6) is -0.280. The van der Waals surface area contributed by atoms with Crippen LogP contribution < -0.4 is 16.4 Å². The number of hydrogen-bond donors (Lipinski definition) is 2. The molecule has 0 aromatic carbocycles. The Balaban J connectivity index is 1.95. The van der Waals surface area contributed by atoms with Crippen LogP contribution in [0.5, 0.6) is 0 Å². The van der Waals surface area contributed by atoms with Crippen molar-refractivity contribution in [2.24, 2.45) is 0 Å². The smallest absolute Gasteiger partial charge is 0.267 e. The van der Waals surface area contributed by atoms with E-state index >= 15 is 0 Å². The monoisotopic (exact) mass is 379 g/mol. The zero-order valence-corrected chi connectivity index (χ0v) is 16.3. The fraction of sp³-hybridized carbons (Fsp3) is 0.429. The normalized spacial score (nSPS) is 14.8. The fourth-order valence-corrected chi connectivity index (χ4v) is 3.99. The molecule has 3 heterocycles. The quantitative estimate of drug-likeness (QED) is 0.682. The van der Waals surface area contributed by atoms with Crippen molar-refractivity contribution in [1.29, 1.82) is 5.41 Å². The van der Waals surface area contributed by atoms with Crippen LogP contribution in [0.15, 0.2) is 29.2 Å². The second-order valence-corrected chi connectivity index (χ2v) is 7.60. The van der Waals surface area contributed by atoms with E-state index in [0.717, 1.165) is 37.7 Å². The standard InChI is InChI=1S/C21H25N5O2/c1-3-10-25-18(22)15(20(27)23-14-6-4-5-7-14)11-16-19(25)24-17-9-8-13(2)12-26(17)21(16)28/h8-9,11-12,14,22H,3-7,10H2,1-2H3,(H,23,27). The summed E-state index contributed by atoms with van der Waals surface area (Å²) >= 11 is 0. The number of pyridine rings is 2. The van der Waals surface area contributed by atoms with E-state index in [2.05, 4.69) is 10.3 Å². The molecule has 7 heteroatoms. The van der Waals surface area contributed by atoms with E-state index in [1.807, 2.05) is 19.9 Å². The van der Waals surface area contributed by atoms with Gasteiger partial charge in [-0.1, -0.05) is 25.8 Å². The third kappa shape index (κ3) is 3.10. The molecule has 0 aliphatic heterocycles. The number of nitrogens with one attached hydrogen (secondary N) is 2. The molecule has 1 fully saturated rings. The number of aryl methyl sites for hydroxylation is 2. The van der Waals surface area contributed by atoms with Crippen LogP contribution in [0.3, 0.4) is 0 Å². The molecule has 1 aliphatic rings. The first-order chi connectivity index (χ1) is 13.5. The number of carbonyl (C=O) groups is 1. The Morgan fingerprint density at radius 1 is 1.32 bits per heavy atom. The molecule has 7 nitrogen and oxygen atoms in total. The number of fused-ring (bicyclic) bond motifs is 2. The average Bonchev–Trinajstić information content (AvgIpc) is 3.18. The summed E-state index contributed by atoms with van der Waals surface area (Å²) in [6, 6.07) is 5.40. The van der Waals surface area contributed by atoms with Crippen molar-refractivity contribution in [3.8, 4) is 0 Å². The van der Waals surface area contributed by atoms with E-state index in [4.69, 9.17) is 5.41 Å². The third-order valence-corrected chi connectivity index (χ3v) is 5.44. The van der Waals surface area contributed by atoms with Crippen LogP contribution in [0.1, 0.15) is 54.9 Å². The first-order valence-corrected chi connectivity index (χ1v) is 9.91. The fourth-order valence-electron chi connectivity index (χ4n) is 3.99. The van der Waals surface area contributed by atoms with E-state index in [9.17, 15) is 9.59 Å². The highest BCUT2D eigenvalue weighted by Gasteiger charge is 2.21. The lowest BCUT2D eigenvalue weighted by molar-refractivity contribution is 0.0935. The summed E-state index contributed by atoms with van der Waals surface area (Å²) in [5.41, 5.74) is 2.07. The SMILES string of the molecule is CCCn1c(=N)c(C(=O)NC2CCCC2)cc2c(=O)n3cc(C)ccc3nc21. The Hall–Kier alpha value is -2.96. The molecule has 3 aromatic heterocycles. The number of nitrogens with zero attached hydrogens (tertiary/aromatic N) is 3. The van der Waals surface area contributed by atoms with Gasteiger partial charge in [0.15, 0.2) is 0 Å². The summed E-state index contributed by atoms with van der Waals surface area (Å²) in [5, 5.41) is 12.0. The largest absolute Gasteiger partial charge is 0.349 e. The zero-order valence-electron chi connectivity index (χ0n) is 16.3. The summed E-state index contributed by atoms with van der Waals surface area (Å²) in [4.78, 5) is 30.7. The molecule has 28 heavy (non-hydrogen) atoms. The van der Waals surface area contributed by atoms with E-state index in [-0.39, 0.29) is 28.6 Å². The third-order valence-electron chi connectivity index (χ3n) is 5.44. The summed E-state index contributed by atoms with van der Waals surface area (Å²) in [6.45, 7) is 4.44. The molecule has 0 bridgehead atoms. The maximum Gasteiger partial charge on any atom is 0.267 e. The van der Waals surface area contributed by atoms with Crippen LogP contribution in [0.4, 0.5) is 0 Å². The molecule has 3 aromatic rings. The van der Waals surface area contributed by atoms with Gasteiger partial charge >= 0.3 is 0 Å². The highest BCUT2D eigenvalue weighted by atomic mass is 16.2. The van der Waals surface area contributed by atoms with E-state index < -0.39 is 0 Å². The van der Waals surface area contributed by atoms with Gasteiger partial charge in [0.1, 0.15) is 16.8 Å². The predicted molar refractivity (Wildman–Crippen MR) is 108 cm³/mol. The Kier molecular flexibility index (Phi) is 4.75. The maximum absolute atomic E-state index is 13.1. The van der Waals surface area contributed by atoms with Crippen LogP contribution in [0, 0.1) is 12.3 Å². The second kappa shape index (κ2) is 7.22. The van der Waals surface area contributed by atoms with Gasteiger partial charge in [-0.05, 0) is 43.9 Å². The van der Waals surface area contributed by atoms with Crippen molar-refractivity contribution in [2.45, 2.75) is 58.5 Å². The molecule has 1 saturated carbocycles. The minimum atomic E-state index is -0.280. The van der Waals surface area contributed by atoms with Crippen LogP contribution in [-0.2, 0) is 6.54 Å². The van der Waals surface area contributed by atoms with Crippen LogP contribution in [-0.4, -0.2) is 25.9 Å². The Bertz CT molecular complexity index is 1190. The minimum absolute atomic E-state index is 0.105. The lowest BCUT2D eigenvalue weighted by Gasteiger charge is -2.16. The molecule has 0 saturated heterocycles. The van der Waals surface area contributed by atoms with Gasteiger partial charge in [0.2, 0.25) is 0 Å². The number of carbonyl (C=O) groups excluding carboxylic acids is 1. The number of hydrogen-bond acceptors (Lipinski definition) is 4. The molecular weight excluding hydrogens is 354 g/mol. The molecule has 0 spiro atoms. The van der Waals surface area contributed by atoms with Gasteiger partial charge in [-0.15, -0.1) is 0 Å². The van der Waals surface area contributed by atoms with Gasteiger partial charge < -0.3 is 9.88 Å². The topological polar surface area (TPSA) is 92.2 Å².